The third-order valence-corrected chi connectivity index (χ3v) is 5.08. The van der Waals surface area contributed by atoms with Gasteiger partial charge in [0.2, 0.25) is 21.4 Å². The lowest BCUT2D eigenvalue weighted by Crippen LogP contribution is -2.44. The van der Waals surface area contributed by atoms with E-state index < -0.39 is 27.3 Å². The van der Waals surface area contributed by atoms with E-state index in [-0.39, 0.29) is 11.4 Å². The van der Waals surface area contributed by atoms with Gasteiger partial charge in [-0.3, -0.25) is 9.59 Å². The van der Waals surface area contributed by atoms with Gasteiger partial charge in [-0.05, 0) is 12.8 Å². The molecule has 0 radical (unpaired) electrons. The topological polar surface area (TPSA) is 113 Å². The van der Waals surface area contributed by atoms with Gasteiger partial charge in [-0.25, -0.2) is 8.42 Å². The van der Waals surface area contributed by atoms with Gasteiger partial charge in [0.25, 0.3) is 0 Å². The van der Waals surface area contributed by atoms with Crippen LogP contribution in [0, 0.1) is 5.92 Å². The average molecular weight is 285 g/mol. The lowest BCUT2D eigenvalue weighted by atomic mass is 9.99. The van der Waals surface area contributed by atoms with Gasteiger partial charge >= 0.3 is 0 Å². The van der Waals surface area contributed by atoms with Gasteiger partial charge in [0.15, 0.2) is 0 Å². The van der Waals surface area contributed by atoms with E-state index in [0.717, 1.165) is 16.6 Å². The second-order valence-electron chi connectivity index (χ2n) is 4.48. The van der Waals surface area contributed by atoms with Gasteiger partial charge in [-0.15, -0.1) is 0 Å². The fourth-order valence-electron chi connectivity index (χ4n) is 2.13. The van der Waals surface area contributed by atoms with Crippen molar-refractivity contribution in [3.8, 4) is 0 Å². The maximum absolute atomic E-state index is 12.3. The molecular formula is C11H15N3O4S. The maximum Gasteiger partial charge on any atom is 0.248 e. The van der Waals surface area contributed by atoms with Crippen LogP contribution in [0.3, 0.4) is 0 Å². The summed E-state index contributed by atoms with van der Waals surface area (Å²) in [6.45, 7) is 0.326. The monoisotopic (exact) mass is 285 g/mol. The number of carbonyl (C=O) groups is 1. The molecule has 19 heavy (non-hydrogen) atoms. The second kappa shape index (κ2) is 5.14. The molecule has 1 atom stereocenters. The van der Waals surface area contributed by atoms with E-state index in [0.29, 0.717) is 19.4 Å². The van der Waals surface area contributed by atoms with Crippen molar-refractivity contribution in [1.29, 1.82) is 0 Å². The number of amides is 1. The van der Waals surface area contributed by atoms with Gasteiger partial charge in [0.1, 0.15) is 4.90 Å². The van der Waals surface area contributed by atoms with E-state index in [1.807, 2.05) is 0 Å². The molecule has 1 aromatic rings. The molecule has 0 bridgehead atoms. The Hall–Kier alpha value is -1.67. The number of carbonyl (C=O) groups excluding carboxylic acids is 1. The lowest BCUT2D eigenvalue weighted by molar-refractivity contribution is -0.122. The van der Waals surface area contributed by atoms with Crippen molar-refractivity contribution in [2.75, 3.05) is 13.1 Å². The quantitative estimate of drug-likeness (QED) is 0.761. The number of H-pyrrole nitrogens is 1. The molecule has 2 rings (SSSR count). The van der Waals surface area contributed by atoms with E-state index in [9.17, 15) is 18.0 Å². The normalized spacial score (nSPS) is 21.2. The number of aromatic amines is 1. The number of primary amides is 1. The first kappa shape index (κ1) is 13.8. The van der Waals surface area contributed by atoms with Crippen LogP contribution in [0.1, 0.15) is 12.8 Å². The van der Waals surface area contributed by atoms with Gasteiger partial charge < -0.3 is 10.7 Å². The highest BCUT2D eigenvalue weighted by Crippen LogP contribution is 2.21. The summed E-state index contributed by atoms with van der Waals surface area (Å²) in [5, 5.41) is 0. The molecule has 0 aliphatic carbocycles. The highest BCUT2D eigenvalue weighted by atomic mass is 32.2. The third-order valence-electron chi connectivity index (χ3n) is 3.19. The van der Waals surface area contributed by atoms with Crippen molar-refractivity contribution in [1.82, 2.24) is 9.29 Å². The fourth-order valence-corrected chi connectivity index (χ4v) is 3.70. The molecular weight excluding hydrogens is 270 g/mol. The summed E-state index contributed by atoms with van der Waals surface area (Å²) in [4.78, 5) is 25.0. The summed E-state index contributed by atoms with van der Waals surface area (Å²) in [6.07, 6.45) is 3.65. The van der Waals surface area contributed by atoms with Crippen molar-refractivity contribution >= 4 is 15.9 Å². The predicted octanol–water partition coefficient (Wildman–Crippen LogP) is -0.739. The maximum atomic E-state index is 12.3. The predicted molar refractivity (Wildman–Crippen MR) is 67.7 cm³/mol. The SMILES string of the molecule is NC(=O)C1CCCN(S(=O)(=O)c2c[nH]ccc2=O)C1. The van der Waals surface area contributed by atoms with Gasteiger partial charge in [0.05, 0.1) is 5.92 Å². The Kier molecular flexibility index (Phi) is 3.72. The van der Waals surface area contributed by atoms with E-state index >= 15 is 0 Å². The first-order chi connectivity index (χ1) is 8.93. The van der Waals surface area contributed by atoms with Gasteiger partial charge in [-0.1, -0.05) is 0 Å². The molecule has 1 amide bonds. The zero-order valence-electron chi connectivity index (χ0n) is 10.2. The van der Waals surface area contributed by atoms with Crippen LogP contribution in [0.5, 0.6) is 0 Å². The standard InChI is InChI=1S/C11H15N3O4S/c12-11(16)8-2-1-5-14(7-8)19(17,18)10-6-13-4-3-9(10)15/h3-4,6,8H,1-2,5,7H2,(H2,12,16)(H,13,15). The molecule has 7 nitrogen and oxygen atoms in total. The minimum atomic E-state index is -3.88. The number of pyridine rings is 1. The van der Waals surface area contributed by atoms with Crippen LogP contribution in [0.15, 0.2) is 28.2 Å². The van der Waals surface area contributed by atoms with Gasteiger partial charge in [0, 0.05) is 31.5 Å². The van der Waals surface area contributed by atoms with E-state index in [4.69, 9.17) is 5.73 Å². The Morgan fingerprint density at radius 2 is 2.21 bits per heavy atom. The van der Waals surface area contributed by atoms with Crippen LogP contribution < -0.4 is 11.2 Å². The Morgan fingerprint density at radius 1 is 1.47 bits per heavy atom. The highest BCUT2D eigenvalue weighted by molar-refractivity contribution is 7.89. The fraction of sp³-hybridized carbons (Fsp3) is 0.455. The summed E-state index contributed by atoms with van der Waals surface area (Å²) in [5.74, 6) is -1.01. The molecule has 1 aromatic heterocycles. The van der Waals surface area contributed by atoms with Crippen LogP contribution in [0.4, 0.5) is 0 Å². The second-order valence-corrected chi connectivity index (χ2v) is 6.38. The smallest absolute Gasteiger partial charge is 0.248 e. The first-order valence-electron chi connectivity index (χ1n) is 5.89. The number of piperidine rings is 1. The summed E-state index contributed by atoms with van der Waals surface area (Å²) >= 11 is 0. The molecule has 1 aliphatic rings. The molecule has 1 fully saturated rings. The minimum Gasteiger partial charge on any atom is -0.369 e. The van der Waals surface area contributed by atoms with Crippen molar-refractivity contribution in [2.24, 2.45) is 11.7 Å². The molecule has 0 aromatic carbocycles. The number of nitrogens with one attached hydrogen (secondary N) is 1. The van der Waals surface area contributed by atoms with E-state index in [1.165, 1.54) is 6.20 Å². The van der Waals surface area contributed by atoms with Crippen LogP contribution in [0.2, 0.25) is 0 Å². The Balaban J connectivity index is 2.33. The number of hydrogen-bond acceptors (Lipinski definition) is 4. The number of hydrogen-bond donors (Lipinski definition) is 2. The summed E-state index contributed by atoms with van der Waals surface area (Å²) in [5.41, 5.74) is 4.64. The van der Waals surface area contributed by atoms with Crippen molar-refractivity contribution in [2.45, 2.75) is 17.7 Å². The third kappa shape index (κ3) is 2.69. The Labute approximate surface area is 110 Å². The zero-order valence-corrected chi connectivity index (χ0v) is 11.0. The highest BCUT2D eigenvalue weighted by Gasteiger charge is 2.33. The number of rotatable bonds is 3. The summed E-state index contributed by atoms with van der Waals surface area (Å²) in [7, 11) is -3.88. The molecule has 2 heterocycles. The lowest BCUT2D eigenvalue weighted by Gasteiger charge is -2.29. The van der Waals surface area contributed by atoms with E-state index in [2.05, 4.69) is 4.98 Å². The van der Waals surface area contributed by atoms with Crippen LogP contribution in [-0.2, 0) is 14.8 Å². The number of aromatic nitrogens is 1. The van der Waals surface area contributed by atoms with Crippen LogP contribution >= 0.6 is 0 Å². The molecule has 0 spiro atoms. The number of nitrogens with two attached hydrogens (primary N) is 1. The molecule has 3 N–H and O–H groups in total. The summed E-state index contributed by atoms with van der Waals surface area (Å²) in [6, 6.07) is 1.16. The van der Waals surface area contributed by atoms with Crippen LogP contribution in [-0.4, -0.2) is 36.7 Å². The zero-order chi connectivity index (χ0) is 14.0. The molecule has 104 valence electrons. The van der Waals surface area contributed by atoms with Crippen molar-refractivity contribution in [3.63, 3.8) is 0 Å². The van der Waals surface area contributed by atoms with E-state index in [1.54, 1.807) is 0 Å². The van der Waals surface area contributed by atoms with Crippen LogP contribution in [0.25, 0.3) is 0 Å². The molecule has 1 aliphatic heterocycles. The van der Waals surface area contributed by atoms with Gasteiger partial charge in [-0.2, -0.15) is 4.31 Å². The average Bonchev–Trinajstić information content (AvgIpc) is 2.39. The molecule has 0 saturated carbocycles. The van der Waals surface area contributed by atoms with Crippen molar-refractivity contribution < 1.29 is 13.2 Å². The first-order valence-corrected chi connectivity index (χ1v) is 7.33. The molecule has 1 saturated heterocycles. The van der Waals surface area contributed by atoms with Crippen molar-refractivity contribution in [3.05, 3.63) is 28.7 Å². The summed E-state index contributed by atoms with van der Waals surface area (Å²) < 4.78 is 25.8. The number of nitrogens with zero attached hydrogens (tertiary/aromatic N) is 1. The molecule has 8 heteroatoms. The minimum absolute atomic E-state index is 0.0337. The Morgan fingerprint density at radius 3 is 2.84 bits per heavy atom. The largest absolute Gasteiger partial charge is 0.369 e. The molecule has 1 unspecified atom stereocenters. The number of sulfonamides is 1. The Bertz CT molecular complexity index is 637.